The van der Waals surface area contributed by atoms with Crippen LogP contribution in [0.15, 0.2) is 33.8 Å². The molecule has 0 bridgehead atoms. The molecule has 1 amide bonds. The monoisotopic (exact) mass is 299 g/mol. The highest BCUT2D eigenvalue weighted by atomic mass is 16.3. The van der Waals surface area contributed by atoms with Crippen molar-refractivity contribution in [2.45, 2.75) is 26.2 Å². The lowest BCUT2D eigenvalue weighted by molar-refractivity contribution is -0.122. The Morgan fingerprint density at radius 3 is 2.91 bits per heavy atom. The Morgan fingerprint density at radius 2 is 2.09 bits per heavy atom. The number of hydrogen-bond donors (Lipinski definition) is 1. The van der Waals surface area contributed by atoms with Crippen LogP contribution >= 0.6 is 0 Å². The lowest BCUT2D eigenvalue weighted by Crippen LogP contribution is -2.38. The summed E-state index contributed by atoms with van der Waals surface area (Å²) in [4.78, 5) is 14.1. The minimum absolute atomic E-state index is 0.0661. The van der Waals surface area contributed by atoms with Crippen LogP contribution in [0.1, 0.15) is 30.6 Å². The second-order valence-corrected chi connectivity index (χ2v) is 5.70. The molecule has 1 fully saturated rings. The molecule has 116 valence electrons. The molecule has 0 radical (unpaired) electrons. The second-order valence-electron chi connectivity index (χ2n) is 5.70. The highest BCUT2D eigenvalue weighted by Gasteiger charge is 2.13. The van der Waals surface area contributed by atoms with E-state index in [0.717, 1.165) is 35.4 Å². The molecule has 1 aromatic carbocycles. The predicted molar refractivity (Wildman–Crippen MR) is 87.0 cm³/mol. The van der Waals surface area contributed by atoms with Crippen LogP contribution in [-0.2, 0) is 4.79 Å². The first-order valence-electron chi connectivity index (χ1n) is 7.76. The van der Waals surface area contributed by atoms with Gasteiger partial charge in [-0.3, -0.25) is 9.69 Å². The first-order valence-corrected chi connectivity index (χ1v) is 7.76. The number of piperidine rings is 1. The van der Waals surface area contributed by atoms with Gasteiger partial charge in [0.2, 0.25) is 0 Å². The fourth-order valence-electron chi connectivity index (χ4n) is 2.87. The molecule has 2 aromatic rings. The maximum absolute atomic E-state index is 11.9. The Balaban J connectivity index is 1.61. The number of carbonyl (C=O) groups excluding carboxylic acids is 1. The van der Waals surface area contributed by atoms with E-state index in [9.17, 15) is 4.79 Å². The van der Waals surface area contributed by atoms with Crippen molar-refractivity contribution in [2.75, 3.05) is 19.6 Å². The third-order valence-electron chi connectivity index (χ3n) is 4.02. The highest BCUT2D eigenvalue weighted by molar-refractivity contribution is 5.99. The van der Waals surface area contributed by atoms with Gasteiger partial charge in [-0.1, -0.05) is 24.6 Å². The molecule has 0 atom stereocenters. The van der Waals surface area contributed by atoms with Crippen LogP contribution in [0.25, 0.3) is 11.0 Å². The predicted octanol–water partition coefficient (Wildman–Crippen LogP) is 2.68. The van der Waals surface area contributed by atoms with Gasteiger partial charge in [-0.25, -0.2) is 5.43 Å². The summed E-state index contributed by atoms with van der Waals surface area (Å²) in [7, 11) is 0. The van der Waals surface area contributed by atoms with E-state index in [4.69, 9.17) is 4.42 Å². The van der Waals surface area contributed by atoms with Gasteiger partial charge in [0.05, 0.1) is 12.8 Å². The molecular formula is C17H21N3O2. The van der Waals surface area contributed by atoms with E-state index in [-0.39, 0.29) is 5.91 Å². The zero-order chi connectivity index (χ0) is 15.4. The van der Waals surface area contributed by atoms with E-state index in [0.29, 0.717) is 6.54 Å². The fourth-order valence-corrected chi connectivity index (χ4v) is 2.87. The van der Waals surface area contributed by atoms with Crippen LogP contribution < -0.4 is 5.43 Å². The Bertz CT molecular complexity index is 684. The lowest BCUT2D eigenvalue weighted by atomic mass is 10.1. The summed E-state index contributed by atoms with van der Waals surface area (Å²) < 4.78 is 5.67. The normalized spacial score (nSPS) is 16.4. The topological polar surface area (TPSA) is 57.8 Å². The van der Waals surface area contributed by atoms with Crippen molar-refractivity contribution in [2.24, 2.45) is 5.10 Å². The highest BCUT2D eigenvalue weighted by Crippen LogP contribution is 2.23. The molecule has 2 heterocycles. The average Bonchev–Trinajstić information content (AvgIpc) is 2.84. The number of benzene rings is 1. The summed E-state index contributed by atoms with van der Waals surface area (Å²) in [5.41, 5.74) is 4.35. The number of hydrazone groups is 1. The van der Waals surface area contributed by atoms with Gasteiger partial charge < -0.3 is 4.42 Å². The van der Waals surface area contributed by atoms with Crippen molar-refractivity contribution in [3.63, 3.8) is 0 Å². The Morgan fingerprint density at radius 1 is 1.32 bits per heavy atom. The van der Waals surface area contributed by atoms with E-state index in [1.807, 2.05) is 31.2 Å². The van der Waals surface area contributed by atoms with Gasteiger partial charge >= 0.3 is 0 Å². The van der Waals surface area contributed by atoms with Crippen molar-refractivity contribution >= 4 is 23.1 Å². The number of fused-ring (bicyclic) bond motifs is 1. The smallest absolute Gasteiger partial charge is 0.254 e. The van der Waals surface area contributed by atoms with E-state index in [2.05, 4.69) is 15.4 Å². The molecule has 1 aliphatic heterocycles. The number of nitrogens with one attached hydrogen (secondary N) is 1. The minimum atomic E-state index is -0.0661. The molecule has 22 heavy (non-hydrogen) atoms. The number of amides is 1. The SMILES string of the molecule is Cc1oc2ccccc2c1/C=N/NC(=O)CN1CCCCC1. The van der Waals surface area contributed by atoms with Crippen molar-refractivity contribution < 1.29 is 9.21 Å². The van der Waals surface area contributed by atoms with Gasteiger partial charge in [-0.05, 0) is 38.9 Å². The third-order valence-corrected chi connectivity index (χ3v) is 4.02. The zero-order valence-electron chi connectivity index (χ0n) is 12.8. The zero-order valence-corrected chi connectivity index (χ0v) is 12.8. The second kappa shape index (κ2) is 6.75. The first-order chi connectivity index (χ1) is 10.7. The quantitative estimate of drug-likeness (QED) is 0.697. The van der Waals surface area contributed by atoms with Crippen molar-refractivity contribution in [3.8, 4) is 0 Å². The maximum Gasteiger partial charge on any atom is 0.254 e. The number of nitrogens with zero attached hydrogens (tertiary/aromatic N) is 2. The van der Waals surface area contributed by atoms with Crippen LogP contribution in [0.2, 0.25) is 0 Å². The van der Waals surface area contributed by atoms with Crippen LogP contribution in [0.3, 0.4) is 0 Å². The number of aryl methyl sites for hydroxylation is 1. The lowest BCUT2D eigenvalue weighted by Gasteiger charge is -2.25. The van der Waals surface area contributed by atoms with E-state index in [1.54, 1.807) is 6.21 Å². The Kier molecular flexibility index (Phi) is 4.53. The van der Waals surface area contributed by atoms with Crippen LogP contribution in [-0.4, -0.2) is 36.7 Å². The molecule has 0 saturated carbocycles. The molecule has 1 N–H and O–H groups in total. The molecule has 1 saturated heterocycles. The molecule has 5 nitrogen and oxygen atoms in total. The minimum Gasteiger partial charge on any atom is -0.461 e. The molecule has 1 aliphatic rings. The molecule has 3 rings (SSSR count). The maximum atomic E-state index is 11.9. The summed E-state index contributed by atoms with van der Waals surface area (Å²) in [6.07, 6.45) is 5.28. The third kappa shape index (κ3) is 3.36. The van der Waals surface area contributed by atoms with Gasteiger partial charge in [0.25, 0.3) is 5.91 Å². The number of para-hydroxylation sites is 1. The Labute approximate surface area is 130 Å². The number of rotatable bonds is 4. The van der Waals surface area contributed by atoms with Crippen molar-refractivity contribution in [3.05, 3.63) is 35.6 Å². The average molecular weight is 299 g/mol. The number of likely N-dealkylation sites (tertiary alicyclic amines) is 1. The van der Waals surface area contributed by atoms with Gasteiger partial charge in [0, 0.05) is 10.9 Å². The van der Waals surface area contributed by atoms with Crippen LogP contribution in [0.4, 0.5) is 0 Å². The molecule has 5 heteroatoms. The van der Waals surface area contributed by atoms with Crippen LogP contribution in [0.5, 0.6) is 0 Å². The molecule has 0 aliphatic carbocycles. The van der Waals surface area contributed by atoms with Crippen LogP contribution in [0, 0.1) is 6.92 Å². The van der Waals surface area contributed by atoms with Gasteiger partial charge in [0.15, 0.2) is 0 Å². The summed E-state index contributed by atoms with van der Waals surface area (Å²) in [6, 6.07) is 7.81. The van der Waals surface area contributed by atoms with E-state index < -0.39 is 0 Å². The van der Waals surface area contributed by atoms with Crippen molar-refractivity contribution in [1.29, 1.82) is 0 Å². The van der Waals surface area contributed by atoms with E-state index >= 15 is 0 Å². The Hall–Kier alpha value is -2.14. The number of hydrogen-bond acceptors (Lipinski definition) is 4. The molecule has 0 unspecified atom stereocenters. The first kappa shape index (κ1) is 14.8. The summed E-state index contributed by atoms with van der Waals surface area (Å²) in [5, 5.41) is 5.09. The largest absolute Gasteiger partial charge is 0.461 e. The summed E-state index contributed by atoms with van der Waals surface area (Å²) in [5.74, 6) is 0.735. The van der Waals surface area contributed by atoms with Gasteiger partial charge in [0.1, 0.15) is 11.3 Å². The summed E-state index contributed by atoms with van der Waals surface area (Å²) in [6.45, 7) is 4.32. The van der Waals surface area contributed by atoms with E-state index in [1.165, 1.54) is 19.3 Å². The standard InChI is InChI=1S/C17H21N3O2/c1-13-15(14-7-3-4-8-16(14)22-13)11-18-19-17(21)12-20-9-5-2-6-10-20/h3-4,7-8,11H,2,5-6,9-10,12H2,1H3,(H,19,21)/b18-11+. The van der Waals surface area contributed by atoms with Gasteiger partial charge in [-0.2, -0.15) is 5.10 Å². The molecule has 0 spiro atoms. The molecule has 1 aromatic heterocycles. The summed E-state index contributed by atoms with van der Waals surface area (Å²) >= 11 is 0. The molecular weight excluding hydrogens is 278 g/mol. The number of carbonyl (C=O) groups is 1. The van der Waals surface area contributed by atoms with Crippen molar-refractivity contribution in [1.82, 2.24) is 10.3 Å². The fraction of sp³-hybridized carbons (Fsp3) is 0.412. The van der Waals surface area contributed by atoms with Gasteiger partial charge in [-0.15, -0.1) is 0 Å². The number of furan rings is 1.